The van der Waals surface area contributed by atoms with Gasteiger partial charge in [0.2, 0.25) is 5.91 Å². The molecule has 1 unspecified atom stereocenters. The summed E-state index contributed by atoms with van der Waals surface area (Å²) in [5, 5.41) is 10.7. The molecule has 6 heteroatoms. The summed E-state index contributed by atoms with van der Waals surface area (Å²) in [5.74, 6) is 0.126. The van der Waals surface area contributed by atoms with E-state index in [1.54, 1.807) is 12.5 Å². The lowest BCUT2D eigenvalue weighted by molar-refractivity contribution is -0.131. The van der Waals surface area contributed by atoms with Crippen LogP contribution < -0.4 is 0 Å². The molecule has 2 aliphatic rings. The molecule has 1 aromatic rings. The first-order chi connectivity index (χ1) is 10.1. The molecule has 1 atom stereocenters. The lowest BCUT2D eigenvalue weighted by Crippen LogP contribution is -2.45. The van der Waals surface area contributed by atoms with Crippen LogP contribution in [-0.4, -0.2) is 68.7 Å². The van der Waals surface area contributed by atoms with Crippen LogP contribution in [0.5, 0.6) is 0 Å². The van der Waals surface area contributed by atoms with Crippen LogP contribution in [0.2, 0.25) is 0 Å². The van der Waals surface area contributed by atoms with Crippen LogP contribution in [0, 0.1) is 0 Å². The minimum atomic E-state index is -0.713. The van der Waals surface area contributed by atoms with E-state index < -0.39 is 5.60 Å². The largest absolute Gasteiger partial charge is 0.387 e. The molecule has 2 aliphatic heterocycles. The number of β-amino-alcohol motifs (C(OH)–C–C–N with tert-alkyl or cyclic N) is 1. The van der Waals surface area contributed by atoms with E-state index in [2.05, 4.69) is 9.88 Å². The number of hydrogen-bond acceptors (Lipinski definition) is 4. The van der Waals surface area contributed by atoms with E-state index in [0.29, 0.717) is 39.0 Å². The number of nitrogens with zero attached hydrogens (tertiary/aromatic N) is 4. The molecule has 3 rings (SSSR count). The molecule has 0 spiro atoms. The van der Waals surface area contributed by atoms with Gasteiger partial charge in [0.1, 0.15) is 0 Å². The SMILES string of the molecule is O=C(CCn1ccnc1)N1CCC(O)(CN2CCCC2)C1. The van der Waals surface area contributed by atoms with Gasteiger partial charge in [-0.1, -0.05) is 0 Å². The summed E-state index contributed by atoms with van der Waals surface area (Å²) < 4.78 is 1.91. The van der Waals surface area contributed by atoms with Gasteiger partial charge in [0.05, 0.1) is 18.5 Å². The molecule has 116 valence electrons. The molecule has 2 saturated heterocycles. The van der Waals surface area contributed by atoms with Gasteiger partial charge in [0.25, 0.3) is 0 Å². The van der Waals surface area contributed by atoms with Crippen molar-refractivity contribution in [3.63, 3.8) is 0 Å². The van der Waals surface area contributed by atoms with Crippen molar-refractivity contribution in [3.05, 3.63) is 18.7 Å². The third-order valence-electron chi connectivity index (χ3n) is 4.54. The van der Waals surface area contributed by atoms with E-state index >= 15 is 0 Å². The fraction of sp³-hybridized carbons (Fsp3) is 0.733. The highest BCUT2D eigenvalue weighted by molar-refractivity contribution is 5.76. The van der Waals surface area contributed by atoms with Gasteiger partial charge >= 0.3 is 0 Å². The van der Waals surface area contributed by atoms with Crippen molar-refractivity contribution in [2.75, 3.05) is 32.7 Å². The summed E-state index contributed by atoms with van der Waals surface area (Å²) in [6, 6.07) is 0. The molecule has 0 aromatic carbocycles. The van der Waals surface area contributed by atoms with Crippen LogP contribution in [0.1, 0.15) is 25.7 Å². The van der Waals surface area contributed by atoms with Crippen LogP contribution in [-0.2, 0) is 11.3 Å². The van der Waals surface area contributed by atoms with Crippen molar-refractivity contribution in [1.82, 2.24) is 19.4 Å². The molecule has 0 bridgehead atoms. The predicted molar refractivity (Wildman–Crippen MR) is 78.7 cm³/mol. The Hall–Kier alpha value is -1.40. The summed E-state index contributed by atoms with van der Waals surface area (Å²) in [7, 11) is 0. The van der Waals surface area contributed by atoms with E-state index in [-0.39, 0.29) is 5.91 Å². The lowest BCUT2D eigenvalue weighted by atomic mass is 10.0. The van der Waals surface area contributed by atoms with E-state index in [1.807, 2.05) is 15.7 Å². The highest BCUT2D eigenvalue weighted by atomic mass is 16.3. The minimum Gasteiger partial charge on any atom is -0.387 e. The topological polar surface area (TPSA) is 61.6 Å². The first kappa shape index (κ1) is 14.5. The third kappa shape index (κ3) is 3.63. The average Bonchev–Trinajstić information content (AvgIpc) is 3.18. The highest BCUT2D eigenvalue weighted by Gasteiger charge is 2.39. The van der Waals surface area contributed by atoms with Gasteiger partial charge < -0.3 is 19.5 Å². The summed E-state index contributed by atoms with van der Waals surface area (Å²) in [6.45, 7) is 4.67. The predicted octanol–water partition coefficient (Wildman–Crippen LogP) is 0.332. The fourth-order valence-electron chi connectivity index (χ4n) is 3.36. The Labute approximate surface area is 125 Å². The van der Waals surface area contributed by atoms with Gasteiger partial charge in [-0.25, -0.2) is 4.98 Å². The van der Waals surface area contributed by atoms with Gasteiger partial charge in [-0.15, -0.1) is 0 Å². The van der Waals surface area contributed by atoms with Crippen LogP contribution in [0.4, 0.5) is 0 Å². The number of hydrogen-bond donors (Lipinski definition) is 1. The van der Waals surface area contributed by atoms with Gasteiger partial charge in [0, 0.05) is 38.4 Å². The second-order valence-electron chi connectivity index (χ2n) is 6.32. The Bertz CT molecular complexity index is 470. The summed E-state index contributed by atoms with van der Waals surface area (Å²) in [5.41, 5.74) is -0.713. The van der Waals surface area contributed by atoms with Crippen molar-refractivity contribution in [1.29, 1.82) is 0 Å². The molecule has 3 heterocycles. The van der Waals surface area contributed by atoms with E-state index in [0.717, 1.165) is 13.1 Å². The Morgan fingerprint density at radius 1 is 1.29 bits per heavy atom. The maximum absolute atomic E-state index is 12.2. The van der Waals surface area contributed by atoms with Crippen LogP contribution in [0.25, 0.3) is 0 Å². The van der Waals surface area contributed by atoms with E-state index in [4.69, 9.17) is 0 Å². The first-order valence-corrected chi connectivity index (χ1v) is 7.83. The highest BCUT2D eigenvalue weighted by Crippen LogP contribution is 2.24. The number of likely N-dealkylation sites (tertiary alicyclic amines) is 2. The Kier molecular flexibility index (Phi) is 4.26. The molecule has 1 amide bonds. The summed E-state index contributed by atoms with van der Waals surface area (Å²) in [6.07, 6.45) is 8.92. The number of aryl methyl sites for hydroxylation is 1. The zero-order valence-corrected chi connectivity index (χ0v) is 12.4. The average molecular weight is 292 g/mol. The van der Waals surface area contributed by atoms with Crippen LogP contribution >= 0.6 is 0 Å². The molecule has 2 fully saturated rings. The Morgan fingerprint density at radius 2 is 2.10 bits per heavy atom. The lowest BCUT2D eigenvalue weighted by Gasteiger charge is -2.28. The Balaban J connectivity index is 1.47. The number of aliphatic hydroxyl groups is 1. The molecule has 0 radical (unpaired) electrons. The monoisotopic (exact) mass is 292 g/mol. The van der Waals surface area contributed by atoms with Crippen LogP contribution in [0.15, 0.2) is 18.7 Å². The van der Waals surface area contributed by atoms with Gasteiger partial charge in [-0.2, -0.15) is 0 Å². The van der Waals surface area contributed by atoms with Crippen molar-refractivity contribution < 1.29 is 9.90 Å². The number of carbonyl (C=O) groups excluding carboxylic acids is 1. The Morgan fingerprint density at radius 3 is 2.81 bits per heavy atom. The summed E-state index contributed by atoms with van der Waals surface area (Å²) in [4.78, 5) is 20.3. The number of imidazole rings is 1. The zero-order valence-electron chi connectivity index (χ0n) is 12.4. The number of carbonyl (C=O) groups is 1. The minimum absolute atomic E-state index is 0.126. The molecular weight excluding hydrogens is 268 g/mol. The molecule has 1 N–H and O–H groups in total. The van der Waals surface area contributed by atoms with E-state index in [9.17, 15) is 9.90 Å². The van der Waals surface area contributed by atoms with Crippen molar-refractivity contribution in [3.8, 4) is 0 Å². The van der Waals surface area contributed by atoms with Gasteiger partial charge in [0.15, 0.2) is 0 Å². The molecule has 21 heavy (non-hydrogen) atoms. The van der Waals surface area contributed by atoms with Gasteiger partial charge in [-0.05, 0) is 32.4 Å². The maximum atomic E-state index is 12.2. The molecular formula is C15H24N4O2. The zero-order chi connectivity index (χ0) is 14.7. The third-order valence-corrected chi connectivity index (χ3v) is 4.54. The number of aromatic nitrogens is 2. The fourth-order valence-corrected chi connectivity index (χ4v) is 3.36. The standard InChI is InChI=1S/C15H24N4O2/c20-14(3-8-18-10-5-16-13-18)19-9-4-15(21,12-19)11-17-6-1-2-7-17/h5,10,13,21H,1-4,6-9,11-12H2. The van der Waals surface area contributed by atoms with Crippen LogP contribution in [0.3, 0.4) is 0 Å². The normalized spacial score (nSPS) is 26.6. The van der Waals surface area contributed by atoms with E-state index in [1.165, 1.54) is 12.8 Å². The second-order valence-corrected chi connectivity index (χ2v) is 6.32. The number of rotatable bonds is 5. The number of amides is 1. The first-order valence-electron chi connectivity index (χ1n) is 7.83. The molecule has 0 saturated carbocycles. The maximum Gasteiger partial charge on any atom is 0.224 e. The molecule has 1 aromatic heterocycles. The molecule has 6 nitrogen and oxygen atoms in total. The quantitative estimate of drug-likeness (QED) is 0.850. The van der Waals surface area contributed by atoms with Crippen molar-refractivity contribution in [2.45, 2.75) is 37.8 Å². The second kappa shape index (κ2) is 6.15. The molecule has 0 aliphatic carbocycles. The van der Waals surface area contributed by atoms with Gasteiger partial charge in [-0.3, -0.25) is 4.79 Å². The van der Waals surface area contributed by atoms with Crippen molar-refractivity contribution >= 4 is 5.91 Å². The summed E-state index contributed by atoms with van der Waals surface area (Å²) >= 11 is 0. The smallest absolute Gasteiger partial charge is 0.224 e. The van der Waals surface area contributed by atoms with Crippen molar-refractivity contribution in [2.24, 2.45) is 0 Å².